The lowest BCUT2D eigenvalue weighted by Gasteiger charge is -2.24. The normalized spacial score (nSPS) is 16.9. The summed E-state index contributed by atoms with van der Waals surface area (Å²) in [5, 5.41) is 1.43. The van der Waals surface area contributed by atoms with Crippen molar-refractivity contribution in [2.45, 2.75) is 12.8 Å². The fraction of sp³-hybridized carbons (Fsp3) is 0.364. The minimum Gasteiger partial charge on any atom is -0.271 e. The van der Waals surface area contributed by atoms with E-state index in [-0.39, 0.29) is 5.91 Å². The molecule has 1 aromatic rings. The van der Waals surface area contributed by atoms with Crippen LogP contribution in [-0.4, -0.2) is 24.1 Å². The van der Waals surface area contributed by atoms with E-state index in [0.717, 1.165) is 21.5 Å². The van der Waals surface area contributed by atoms with Crippen LogP contribution in [0.3, 0.4) is 0 Å². The summed E-state index contributed by atoms with van der Waals surface area (Å²) in [6.45, 7) is 1.33. The van der Waals surface area contributed by atoms with Crippen LogP contribution < -0.4 is 0 Å². The van der Waals surface area contributed by atoms with E-state index in [1.807, 2.05) is 18.2 Å². The van der Waals surface area contributed by atoms with Crippen molar-refractivity contribution in [1.29, 1.82) is 0 Å². The van der Waals surface area contributed by atoms with E-state index < -0.39 is 0 Å². The summed E-state index contributed by atoms with van der Waals surface area (Å²) in [4.78, 5) is 18.0. The lowest BCUT2D eigenvalue weighted by molar-refractivity contribution is -0.191. The second-order valence-electron chi connectivity index (χ2n) is 3.46. The second-order valence-corrected chi connectivity index (χ2v) is 5.95. The molecule has 1 fully saturated rings. The molecule has 0 N–H and O–H groups in total. The second kappa shape index (κ2) is 5.61. The highest BCUT2D eigenvalue weighted by Gasteiger charge is 2.14. The van der Waals surface area contributed by atoms with Gasteiger partial charge < -0.3 is 0 Å². The molecular weight excluding hydrogens is 290 g/mol. The highest BCUT2D eigenvalue weighted by atomic mass is 79.9. The smallest absolute Gasteiger partial charge is 0.270 e. The number of thiophene rings is 1. The molecule has 0 aromatic carbocycles. The minimum absolute atomic E-state index is 0.0794. The Morgan fingerprint density at radius 1 is 1.50 bits per heavy atom. The van der Waals surface area contributed by atoms with Gasteiger partial charge in [-0.15, -0.1) is 11.3 Å². The number of carbonyl (C=O) groups excluding carboxylic acids is 1. The van der Waals surface area contributed by atoms with Crippen LogP contribution >= 0.6 is 27.3 Å². The zero-order valence-electron chi connectivity index (χ0n) is 8.69. The van der Waals surface area contributed by atoms with E-state index in [9.17, 15) is 4.79 Å². The quantitative estimate of drug-likeness (QED) is 0.786. The van der Waals surface area contributed by atoms with Crippen LogP contribution in [0.1, 0.15) is 17.7 Å². The van der Waals surface area contributed by atoms with Crippen LogP contribution in [0.15, 0.2) is 22.0 Å². The molecular formula is C11H12BrNO2S. The summed E-state index contributed by atoms with van der Waals surface area (Å²) in [6, 6.07) is 3.93. The third-order valence-corrected chi connectivity index (χ3v) is 3.82. The zero-order chi connectivity index (χ0) is 11.4. The van der Waals surface area contributed by atoms with Crippen molar-refractivity contribution in [3.8, 4) is 0 Å². The van der Waals surface area contributed by atoms with Crippen LogP contribution in [0.25, 0.3) is 6.08 Å². The number of nitrogens with zero attached hydrogens (tertiary/aromatic N) is 1. The minimum atomic E-state index is -0.0794. The largest absolute Gasteiger partial charge is 0.271 e. The van der Waals surface area contributed by atoms with Crippen molar-refractivity contribution in [2.75, 3.05) is 13.2 Å². The molecule has 0 bridgehead atoms. The molecule has 0 spiro atoms. The Kier molecular flexibility index (Phi) is 4.15. The standard InChI is InChI=1S/C11H12BrNO2S/c12-10-5-3-9(16-10)4-6-11(14)13-7-1-2-8-15-13/h3-6H,1-2,7-8H2/b6-4+. The summed E-state index contributed by atoms with van der Waals surface area (Å²) in [6.07, 6.45) is 5.43. The first kappa shape index (κ1) is 11.8. The van der Waals surface area contributed by atoms with E-state index >= 15 is 0 Å². The molecule has 1 aliphatic rings. The summed E-state index contributed by atoms with van der Waals surface area (Å²) in [7, 11) is 0. The third kappa shape index (κ3) is 3.17. The lowest BCUT2D eigenvalue weighted by atomic mass is 10.3. The van der Waals surface area contributed by atoms with Crippen LogP contribution in [0.4, 0.5) is 0 Å². The Labute approximate surface area is 107 Å². The molecule has 0 atom stereocenters. The molecule has 3 nitrogen and oxygen atoms in total. The van der Waals surface area contributed by atoms with Crippen molar-refractivity contribution in [3.05, 3.63) is 26.9 Å². The Bertz CT molecular complexity index is 396. The van der Waals surface area contributed by atoms with Gasteiger partial charge in [-0.25, -0.2) is 5.06 Å². The van der Waals surface area contributed by atoms with Crippen molar-refractivity contribution >= 4 is 39.2 Å². The Morgan fingerprint density at radius 2 is 2.38 bits per heavy atom. The maximum Gasteiger partial charge on any atom is 0.270 e. The fourth-order valence-electron chi connectivity index (χ4n) is 1.42. The van der Waals surface area contributed by atoms with E-state index in [0.29, 0.717) is 13.2 Å². The molecule has 5 heteroatoms. The van der Waals surface area contributed by atoms with Crippen LogP contribution in [0, 0.1) is 0 Å². The van der Waals surface area contributed by atoms with Gasteiger partial charge >= 0.3 is 0 Å². The van der Waals surface area contributed by atoms with Gasteiger partial charge in [0.2, 0.25) is 0 Å². The van der Waals surface area contributed by atoms with Crippen molar-refractivity contribution in [1.82, 2.24) is 5.06 Å². The molecule has 1 aromatic heterocycles. The summed E-state index contributed by atoms with van der Waals surface area (Å²) in [5.74, 6) is -0.0794. The van der Waals surface area contributed by atoms with Crippen LogP contribution in [0.5, 0.6) is 0 Å². The van der Waals surface area contributed by atoms with Gasteiger partial charge in [0.1, 0.15) is 0 Å². The number of carbonyl (C=O) groups is 1. The molecule has 1 aliphatic heterocycles. The molecule has 0 saturated carbocycles. The molecule has 0 aliphatic carbocycles. The molecule has 1 saturated heterocycles. The summed E-state index contributed by atoms with van der Waals surface area (Å²) < 4.78 is 1.06. The van der Waals surface area contributed by atoms with Crippen LogP contribution in [-0.2, 0) is 9.63 Å². The first-order chi connectivity index (χ1) is 7.75. The number of hydroxylamine groups is 2. The first-order valence-corrected chi connectivity index (χ1v) is 6.74. The van der Waals surface area contributed by atoms with E-state index in [1.54, 1.807) is 17.4 Å². The Hall–Kier alpha value is -0.650. The predicted octanol–water partition coefficient (Wildman–Crippen LogP) is 3.08. The van der Waals surface area contributed by atoms with E-state index in [4.69, 9.17) is 4.84 Å². The Balaban J connectivity index is 1.93. The van der Waals surface area contributed by atoms with Gasteiger partial charge in [-0.2, -0.15) is 0 Å². The van der Waals surface area contributed by atoms with Gasteiger partial charge in [0.05, 0.1) is 10.4 Å². The molecule has 2 heterocycles. The molecule has 1 amide bonds. The van der Waals surface area contributed by atoms with Gasteiger partial charge in [0.15, 0.2) is 0 Å². The molecule has 0 radical (unpaired) electrons. The van der Waals surface area contributed by atoms with E-state index in [2.05, 4.69) is 15.9 Å². The first-order valence-electron chi connectivity index (χ1n) is 5.13. The average Bonchev–Trinajstić information content (AvgIpc) is 2.73. The number of amides is 1. The van der Waals surface area contributed by atoms with Gasteiger partial charge in [-0.1, -0.05) is 0 Å². The maximum atomic E-state index is 11.7. The third-order valence-electron chi connectivity index (χ3n) is 2.23. The highest BCUT2D eigenvalue weighted by molar-refractivity contribution is 9.11. The molecule has 16 heavy (non-hydrogen) atoms. The van der Waals surface area contributed by atoms with Crippen LogP contribution in [0.2, 0.25) is 0 Å². The monoisotopic (exact) mass is 301 g/mol. The average molecular weight is 302 g/mol. The van der Waals surface area contributed by atoms with Gasteiger partial charge in [-0.05, 0) is 47.0 Å². The van der Waals surface area contributed by atoms with Crippen molar-refractivity contribution in [2.24, 2.45) is 0 Å². The van der Waals surface area contributed by atoms with Gasteiger partial charge in [0.25, 0.3) is 5.91 Å². The van der Waals surface area contributed by atoms with Gasteiger partial charge in [-0.3, -0.25) is 9.63 Å². The SMILES string of the molecule is O=C(/C=C/c1ccc(Br)s1)N1CCCCO1. The molecule has 2 rings (SSSR count). The highest BCUT2D eigenvalue weighted by Crippen LogP contribution is 2.23. The van der Waals surface area contributed by atoms with Crippen molar-refractivity contribution in [3.63, 3.8) is 0 Å². The maximum absolute atomic E-state index is 11.7. The van der Waals surface area contributed by atoms with E-state index in [1.165, 1.54) is 5.06 Å². The van der Waals surface area contributed by atoms with Gasteiger partial charge in [0, 0.05) is 17.5 Å². The zero-order valence-corrected chi connectivity index (χ0v) is 11.1. The van der Waals surface area contributed by atoms with Crippen molar-refractivity contribution < 1.29 is 9.63 Å². The number of hydrogen-bond donors (Lipinski definition) is 0. The number of hydrogen-bond acceptors (Lipinski definition) is 3. The summed E-state index contributed by atoms with van der Waals surface area (Å²) >= 11 is 4.98. The molecule has 86 valence electrons. The number of halogens is 1. The fourth-order valence-corrected chi connectivity index (χ4v) is 2.75. The Morgan fingerprint density at radius 3 is 3.00 bits per heavy atom. The predicted molar refractivity (Wildman–Crippen MR) is 68.0 cm³/mol. The number of rotatable bonds is 2. The lowest BCUT2D eigenvalue weighted by Crippen LogP contribution is -2.34. The summed E-state index contributed by atoms with van der Waals surface area (Å²) in [5.41, 5.74) is 0. The molecule has 0 unspecified atom stereocenters. The topological polar surface area (TPSA) is 29.5 Å².